The lowest BCUT2D eigenvalue weighted by molar-refractivity contribution is -0.132. The maximum atomic E-state index is 10.3. The molecule has 0 radical (unpaired) electrons. The summed E-state index contributed by atoms with van der Waals surface area (Å²) in [6.07, 6.45) is 7.58. The van der Waals surface area contributed by atoms with Crippen molar-refractivity contribution in [1.82, 2.24) is 5.32 Å². The molecule has 0 saturated heterocycles. The van der Waals surface area contributed by atoms with Crippen LogP contribution in [0.2, 0.25) is 0 Å². The number of aliphatic hydroxyl groups excluding tert-OH is 1. The van der Waals surface area contributed by atoms with Crippen LogP contribution in [-0.2, 0) is 25.0 Å². The van der Waals surface area contributed by atoms with Crippen molar-refractivity contribution in [3.63, 3.8) is 0 Å². The third kappa shape index (κ3) is 7.78. The van der Waals surface area contributed by atoms with E-state index in [2.05, 4.69) is 45.6 Å². The molecule has 1 heterocycles. The molecule has 2 aliphatic rings. The summed E-state index contributed by atoms with van der Waals surface area (Å²) in [5.41, 5.74) is 3.62. The SMILES string of the molecule is COc1ccccc1CCCNCC(O)COC1=CC=CC2Nc3ccccc3C12.O=P(=O)OO.[HH]. The van der Waals surface area contributed by atoms with Crippen molar-refractivity contribution in [1.29, 1.82) is 0 Å². The van der Waals surface area contributed by atoms with Crippen LogP contribution in [-0.4, -0.2) is 49.3 Å². The molecule has 3 unspecified atom stereocenters. The summed E-state index contributed by atoms with van der Waals surface area (Å²) in [4.78, 5) is 0. The summed E-state index contributed by atoms with van der Waals surface area (Å²) < 4.78 is 32.0. The van der Waals surface area contributed by atoms with Crippen LogP contribution in [0, 0.1) is 0 Å². The van der Waals surface area contributed by atoms with E-state index in [-0.39, 0.29) is 20.0 Å². The number of aliphatic hydroxyl groups is 1. The number of ether oxygens (including phenoxy) is 2. The Kier molecular flexibility index (Phi) is 10.5. The molecular weight excluding hydrogens is 471 g/mol. The second kappa shape index (κ2) is 13.8. The molecule has 4 rings (SSSR count). The van der Waals surface area contributed by atoms with E-state index in [9.17, 15) is 5.11 Å². The maximum Gasteiger partial charge on any atom is 0.496 e. The van der Waals surface area contributed by atoms with Gasteiger partial charge in [0.15, 0.2) is 0 Å². The summed E-state index contributed by atoms with van der Waals surface area (Å²) in [6.45, 7) is 1.63. The number of nitrogens with one attached hydrogen (secondary N) is 2. The monoisotopic (exact) mass is 504 g/mol. The number of hydrogen-bond acceptors (Lipinski definition) is 9. The van der Waals surface area contributed by atoms with Gasteiger partial charge in [-0.2, -0.15) is 0 Å². The molecule has 0 fully saturated rings. The molecule has 0 amide bonds. The van der Waals surface area contributed by atoms with Gasteiger partial charge in [0.05, 0.1) is 19.1 Å². The predicted molar refractivity (Wildman–Crippen MR) is 134 cm³/mol. The van der Waals surface area contributed by atoms with Crippen LogP contribution in [0.3, 0.4) is 0 Å². The number of anilines is 1. The fourth-order valence-corrected chi connectivity index (χ4v) is 4.19. The van der Waals surface area contributed by atoms with Crippen LogP contribution in [0.1, 0.15) is 24.9 Å². The van der Waals surface area contributed by atoms with E-state index in [4.69, 9.17) is 23.9 Å². The van der Waals surface area contributed by atoms with Gasteiger partial charge >= 0.3 is 7.91 Å². The van der Waals surface area contributed by atoms with Gasteiger partial charge in [0.25, 0.3) is 0 Å². The Morgan fingerprint density at radius 2 is 1.91 bits per heavy atom. The normalized spacial score (nSPS) is 18.2. The van der Waals surface area contributed by atoms with Crippen molar-refractivity contribution in [2.24, 2.45) is 0 Å². The molecule has 190 valence electrons. The van der Waals surface area contributed by atoms with E-state index in [0.29, 0.717) is 6.54 Å². The Morgan fingerprint density at radius 1 is 1.17 bits per heavy atom. The number of fused-ring (bicyclic) bond motifs is 3. The van der Waals surface area contributed by atoms with Crippen LogP contribution < -0.4 is 15.4 Å². The highest BCUT2D eigenvalue weighted by molar-refractivity contribution is 7.24. The zero-order chi connectivity index (χ0) is 25.0. The fraction of sp³-hybridized carbons (Fsp3) is 0.360. The number of rotatable bonds is 11. The minimum atomic E-state index is -3.04. The average Bonchev–Trinajstić information content (AvgIpc) is 3.27. The Morgan fingerprint density at radius 3 is 2.69 bits per heavy atom. The predicted octanol–water partition coefficient (Wildman–Crippen LogP) is 4.44. The van der Waals surface area contributed by atoms with Crippen LogP contribution in [0.4, 0.5) is 5.69 Å². The van der Waals surface area contributed by atoms with Gasteiger partial charge in [-0.25, -0.2) is 14.4 Å². The molecule has 10 heteroatoms. The fourth-order valence-electron chi connectivity index (χ4n) is 4.19. The van der Waals surface area contributed by atoms with Gasteiger partial charge in [0.1, 0.15) is 24.2 Å². The lowest BCUT2D eigenvalue weighted by Crippen LogP contribution is -2.32. The summed E-state index contributed by atoms with van der Waals surface area (Å²) in [5.74, 6) is 2.02. The second-order valence-electron chi connectivity index (χ2n) is 8.08. The molecule has 35 heavy (non-hydrogen) atoms. The van der Waals surface area contributed by atoms with Crippen molar-refractivity contribution in [2.75, 3.05) is 32.1 Å². The molecule has 2 aromatic rings. The number of para-hydroxylation sites is 2. The van der Waals surface area contributed by atoms with Gasteiger partial charge in [-0.15, -0.1) is 4.67 Å². The van der Waals surface area contributed by atoms with Crippen LogP contribution >= 0.6 is 7.91 Å². The summed E-state index contributed by atoms with van der Waals surface area (Å²) >= 11 is 0. The van der Waals surface area contributed by atoms with E-state index >= 15 is 0 Å². The molecule has 9 nitrogen and oxygen atoms in total. The summed E-state index contributed by atoms with van der Waals surface area (Å²) in [5, 5.41) is 24.3. The van der Waals surface area contributed by atoms with E-state index in [0.717, 1.165) is 36.6 Å². The van der Waals surface area contributed by atoms with E-state index in [1.165, 1.54) is 11.1 Å². The summed E-state index contributed by atoms with van der Waals surface area (Å²) in [6, 6.07) is 16.7. The molecule has 0 bridgehead atoms. The van der Waals surface area contributed by atoms with Crippen molar-refractivity contribution < 1.29 is 35.1 Å². The van der Waals surface area contributed by atoms with Gasteiger partial charge in [-0.05, 0) is 48.7 Å². The first-order valence-corrected chi connectivity index (χ1v) is 12.5. The zero-order valence-corrected chi connectivity index (χ0v) is 20.4. The van der Waals surface area contributed by atoms with E-state index < -0.39 is 14.0 Å². The zero-order valence-electron chi connectivity index (χ0n) is 19.5. The standard InChI is InChI=1S/C25H30N2O3.HO4P.H2/c1-29-23-13-5-2-8-18(23)9-7-15-26-16-19(28)17-30-24-14-6-12-22-25(24)20-10-3-4-11-21(20)27-22;1-4-5(2)3;/h2-6,8,10-14,19,22,25-28H,7,9,15-17H2,1H3;1H;1H. The largest absolute Gasteiger partial charge is 0.496 e. The molecule has 4 N–H and O–H groups in total. The van der Waals surface area contributed by atoms with Gasteiger partial charge < -0.3 is 25.2 Å². The Hall–Kier alpha value is -2.94. The molecule has 1 aliphatic heterocycles. The quantitative estimate of drug-likeness (QED) is 0.152. The van der Waals surface area contributed by atoms with Crippen molar-refractivity contribution in [3.05, 3.63) is 83.6 Å². The van der Waals surface area contributed by atoms with Crippen LogP contribution in [0.5, 0.6) is 5.75 Å². The number of aryl methyl sites for hydroxylation is 1. The van der Waals surface area contributed by atoms with Gasteiger partial charge in [0, 0.05) is 13.7 Å². The third-order valence-electron chi connectivity index (χ3n) is 5.74. The van der Waals surface area contributed by atoms with Crippen molar-refractivity contribution in [3.8, 4) is 5.75 Å². The Labute approximate surface area is 206 Å². The molecular formula is C25H33N2O7P. The first kappa shape index (κ1) is 26.7. The molecule has 3 atom stereocenters. The van der Waals surface area contributed by atoms with Gasteiger partial charge in [0.2, 0.25) is 0 Å². The molecule has 0 saturated carbocycles. The molecule has 0 aromatic heterocycles. The Bertz CT molecular complexity index is 1090. The van der Waals surface area contributed by atoms with Gasteiger partial charge in [-0.3, -0.25) is 0 Å². The average molecular weight is 505 g/mol. The topological polar surface area (TPSA) is 126 Å². The minimum Gasteiger partial charge on any atom is -0.496 e. The summed E-state index contributed by atoms with van der Waals surface area (Å²) in [7, 11) is -1.34. The molecule has 0 spiro atoms. The van der Waals surface area contributed by atoms with E-state index in [1.807, 2.05) is 36.4 Å². The van der Waals surface area contributed by atoms with Crippen molar-refractivity contribution >= 4 is 13.6 Å². The number of hydrogen-bond donors (Lipinski definition) is 4. The third-order valence-corrected chi connectivity index (χ3v) is 5.88. The first-order chi connectivity index (χ1) is 17.0. The number of methoxy groups -OCH3 is 1. The highest BCUT2D eigenvalue weighted by Gasteiger charge is 2.35. The smallest absolute Gasteiger partial charge is 0.496 e. The van der Waals surface area contributed by atoms with Crippen molar-refractivity contribution in [2.45, 2.75) is 30.9 Å². The van der Waals surface area contributed by atoms with E-state index in [1.54, 1.807) is 7.11 Å². The number of benzene rings is 2. The molecule has 1 aliphatic carbocycles. The van der Waals surface area contributed by atoms with Crippen LogP contribution in [0.15, 0.2) is 72.5 Å². The molecule has 2 aromatic carbocycles. The first-order valence-electron chi connectivity index (χ1n) is 11.4. The maximum absolute atomic E-state index is 10.3. The van der Waals surface area contributed by atoms with Gasteiger partial charge in [-0.1, -0.05) is 48.6 Å². The second-order valence-corrected chi connectivity index (χ2v) is 8.69. The minimum absolute atomic E-state index is 0. The lowest BCUT2D eigenvalue weighted by Gasteiger charge is -2.25. The number of allylic oxidation sites excluding steroid dienone is 2. The highest BCUT2D eigenvalue weighted by atomic mass is 31.1. The highest BCUT2D eigenvalue weighted by Crippen LogP contribution is 2.42. The lowest BCUT2D eigenvalue weighted by atomic mass is 9.90. The Balaban J connectivity index is 0.000000694. The van der Waals surface area contributed by atoms with Crippen LogP contribution in [0.25, 0.3) is 0 Å².